The van der Waals surface area contributed by atoms with Gasteiger partial charge in [-0.05, 0) is 23.8 Å². The zero-order valence-corrected chi connectivity index (χ0v) is 15.4. The second-order valence-electron chi connectivity index (χ2n) is 6.90. The summed E-state index contributed by atoms with van der Waals surface area (Å²) in [6, 6.07) is 9.55. The minimum absolute atomic E-state index is 0.0433. The summed E-state index contributed by atoms with van der Waals surface area (Å²) in [5.74, 6) is 0.853. The Balaban J connectivity index is 1.60. The summed E-state index contributed by atoms with van der Waals surface area (Å²) >= 11 is 1.29. The molecule has 1 N–H and O–H groups in total. The van der Waals surface area contributed by atoms with Crippen LogP contribution >= 0.6 is 11.3 Å². The van der Waals surface area contributed by atoms with Gasteiger partial charge < -0.3 is 10.2 Å². The van der Waals surface area contributed by atoms with Gasteiger partial charge in [0.1, 0.15) is 5.69 Å². The quantitative estimate of drug-likeness (QED) is 0.912. The van der Waals surface area contributed by atoms with Crippen LogP contribution < -0.4 is 5.32 Å². The molecule has 3 rings (SSSR count). The number of nitrogens with zero attached hydrogens (tertiary/aromatic N) is 2. The fourth-order valence-electron chi connectivity index (χ4n) is 3.36. The van der Waals surface area contributed by atoms with E-state index in [0.29, 0.717) is 29.1 Å². The van der Waals surface area contributed by atoms with E-state index in [1.54, 1.807) is 5.38 Å². The van der Waals surface area contributed by atoms with Gasteiger partial charge in [-0.1, -0.05) is 44.2 Å². The molecular formula is C19H23N3O2S. The Labute approximate surface area is 152 Å². The largest absolute Gasteiger partial charge is 0.337 e. The van der Waals surface area contributed by atoms with Crippen LogP contribution in [0.3, 0.4) is 0 Å². The number of hydrogen-bond acceptors (Lipinski definition) is 4. The SMILES string of the molecule is CC1CC(C)CN(C(=O)c2csc(NC(=O)Cc3ccccc3)n2)C1. The number of piperidine rings is 1. The number of carbonyl (C=O) groups excluding carboxylic acids is 2. The van der Waals surface area contributed by atoms with Crippen molar-refractivity contribution >= 4 is 28.3 Å². The van der Waals surface area contributed by atoms with Gasteiger partial charge in [-0.2, -0.15) is 0 Å². The first kappa shape index (κ1) is 17.6. The summed E-state index contributed by atoms with van der Waals surface area (Å²) < 4.78 is 0. The van der Waals surface area contributed by atoms with Gasteiger partial charge in [-0.3, -0.25) is 9.59 Å². The van der Waals surface area contributed by atoms with Crippen LogP contribution in [0, 0.1) is 11.8 Å². The van der Waals surface area contributed by atoms with Crippen LogP contribution in [0.4, 0.5) is 5.13 Å². The molecule has 1 aromatic carbocycles. The molecule has 0 radical (unpaired) electrons. The summed E-state index contributed by atoms with van der Waals surface area (Å²) in [5, 5.41) is 4.98. The summed E-state index contributed by atoms with van der Waals surface area (Å²) in [6.45, 7) is 5.89. The van der Waals surface area contributed by atoms with Gasteiger partial charge in [-0.15, -0.1) is 11.3 Å². The third kappa shape index (κ3) is 4.66. The smallest absolute Gasteiger partial charge is 0.273 e. The van der Waals surface area contributed by atoms with E-state index in [4.69, 9.17) is 0 Å². The maximum Gasteiger partial charge on any atom is 0.273 e. The monoisotopic (exact) mass is 357 g/mol. The fourth-order valence-corrected chi connectivity index (χ4v) is 4.07. The molecule has 1 saturated heterocycles. The average Bonchev–Trinajstić information content (AvgIpc) is 3.02. The standard InChI is InChI=1S/C19H23N3O2S/c1-13-8-14(2)11-22(10-13)18(24)16-12-25-19(20-16)21-17(23)9-15-6-4-3-5-7-15/h3-7,12-14H,8-11H2,1-2H3,(H,20,21,23). The predicted octanol–water partition coefficient (Wildman–Crippen LogP) is 3.44. The fraction of sp³-hybridized carbons (Fsp3) is 0.421. The molecule has 5 nitrogen and oxygen atoms in total. The number of thiazole rings is 1. The topological polar surface area (TPSA) is 62.3 Å². The highest BCUT2D eigenvalue weighted by Gasteiger charge is 2.27. The number of benzene rings is 1. The Morgan fingerprint density at radius 1 is 1.20 bits per heavy atom. The molecule has 0 bridgehead atoms. The molecule has 0 aliphatic carbocycles. The van der Waals surface area contributed by atoms with Crippen LogP contribution in [0.25, 0.3) is 0 Å². The highest BCUT2D eigenvalue weighted by molar-refractivity contribution is 7.14. The molecule has 132 valence electrons. The minimum atomic E-state index is -0.125. The Bertz CT molecular complexity index is 734. The summed E-state index contributed by atoms with van der Waals surface area (Å²) in [7, 11) is 0. The highest BCUT2D eigenvalue weighted by Crippen LogP contribution is 2.24. The van der Waals surface area contributed by atoms with E-state index in [1.165, 1.54) is 11.3 Å². The Morgan fingerprint density at radius 3 is 2.56 bits per heavy atom. The second-order valence-corrected chi connectivity index (χ2v) is 7.76. The molecule has 2 atom stereocenters. The third-order valence-electron chi connectivity index (χ3n) is 4.33. The van der Waals surface area contributed by atoms with Gasteiger partial charge in [-0.25, -0.2) is 4.98 Å². The van der Waals surface area contributed by atoms with Crippen molar-refractivity contribution in [2.45, 2.75) is 26.7 Å². The molecule has 2 heterocycles. The van der Waals surface area contributed by atoms with Crippen molar-refractivity contribution in [3.05, 3.63) is 47.0 Å². The van der Waals surface area contributed by atoms with E-state index in [-0.39, 0.29) is 11.8 Å². The first-order chi connectivity index (χ1) is 12.0. The maximum atomic E-state index is 12.6. The Kier molecular flexibility index (Phi) is 5.48. The first-order valence-corrected chi connectivity index (χ1v) is 9.48. The molecular weight excluding hydrogens is 334 g/mol. The lowest BCUT2D eigenvalue weighted by Crippen LogP contribution is -2.42. The lowest BCUT2D eigenvalue weighted by molar-refractivity contribution is -0.115. The van der Waals surface area contributed by atoms with Gasteiger partial charge >= 0.3 is 0 Å². The molecule has 1 aliphatic rings. The molecule has 0 spiro atoms. The molecule has 25 heavy (non-hydrogen) atoms. The number of hydrogen-bond donors (Lipinski definition) is 1. The van der Waals surface area contributed by atoms with Crippen molar-refractivity contribution in [2.24, 2.45) is 11.8 Å². The van der Waals surface area contributed by atoms with Crippen LogP contribution in [0.15, 0.2) is 35.7 Å². The predicted molar refractivity (Wildman–Crippen MR) is 99.7 cm³/mol. The number of aromatic nitrogens is 1. The van der Waals surface area contributed by atoms with Gasteiger partial charge in [0.2, 0.25) is 5.91 Å². The number of carbonyl (C=O) groups is 2. The van der Waals surface area contributed by atoms with Crippen LogP contribution in [-0.2, 0) is 11.2 Å². The summed E-state index contributed by atoms with van der Waals surface area (Å²) in [5.41, 5.74) is 1.37. The van der Waals surface area contributed by atoms with Gasteiger partial charge in [0.15, 0.2) is 5.13 Å². The molecule has 6 heteroatoms. The number of anilines is 1. The molecule has 1 fully saturated rings. The van der Waals surface area contributed by atoms with Crippen LogP contribution in [0.1, 0.15) is 36.3 Å². The zero-order chi connectivity index (χ0) is 17.8. The van der Waals surface area contributed by atoms with E-state index in [9.17, 15) is 9.59 Å². The zero-order valence-electron chi connectivity index (χ0n) is 14.6. The van der Waals surface area contributed by atoms with E-state index >= 15 is 0 Å². The van der Waals surface area contributed by atoms with Crippen LogP contribution in [0.2, 0.25) is 0 Å². The lowest BCUT2D eigenvalue weighted by Gasteiger charge is -2.34. The molecule has 2 aromatic rings. The summed E-state index contributed by atoms with van der Waals surface area (Å²) in [6.07, 6.45) is 1.45. The molecule has 1 aliphatic heterocycles. The van der Waals surface area contributed by atoms with E-state index < -0.39 is 0 Å². The van der Waals surface area contributed by atoms with Gasteiger partial charge in [0.05, 0.1) is 6.42 Å². The van der Waals surface area contributed by atoms with Crippen LogP contribution in [0.5, 0.6) is 0 Å². The highest BCUT2D eigenvalue weighted by atomic mass is 32.1. The van der Waals surface area contributed by atoms with Crippen molar-refractivity contribution < 1.29 is 9.59 Å². The van der Waals surface area contributed by atoms with Gasteiger partial charge in [0.25, 0.3) is 5.91 Å². The van der Waals surface area contributed by atoms with Crippen molar-refractivity contribution in [3.63, 3.8) is 0 Å². The Hall–Kier alpha value is -2.21. The third-order valence-corrected chi connectivity index (χ3v) is 5.09. The molecule has 0 saturated carbocycles. The molecule has 1 aromatic heterocycles. The summed E-state index contributed by atoms with van der Waals surface area (Å²) in [4.78, 5) is 30.9. The molecule has 2 unspecified atom stereocenters. The van der Waals surface area contributed by atoms with Crippen molar-refractivity contribution in [1.82, 2.24) is 9.88 Å². The van der Waals surface area contributed by atoms with Gasteiger partial charge in [0, 0.05) is 18.5 Å². The van der Waals surface area contributed by atoms with E-state index in [1.807, 2.05) is 35.2 Å². The number of nitrogens with one attached hydrogen (secondary N) is 1. The normalized spacial score (nSPS) is 20.3. The van der Waals surface area contributed by atoms with Crippen molar-refractivity contribution in [3.8, 4) is 0 Å². The van der Waals surface area contributed by atoms with E-state index in [0.717, 1.165) is 25.1 Å². The first-order valence-electron chi connectivity index (χ1n) is 8.60. The number of rotatable bonds is 4. The number of amides is 2. The molecule has 2 amide bonds. The second kappa shape index (κ2) is 7.78. The lowest BCUT2D eigenvalue weighted by atomic mass is 9.92. The van der Waals surface area contributed by atoms with Crippen LogP contribution in [-0.4, -0.2) is 34.8 Å². The maximum absolute atomic E-state index is 12.6. The average molecular weight is 357 g/mol. The van der Waals surface area contributed by atoms with Crippen molar-refractivity contribution in [2.75, 3.05) is 18.4 Å². The van der Waals surface area contributed by atoms with Crippen molar-refractivity contribution in [1.29, 1.82) is 0 Å². The minimum Gasteiger partial charge on any atom is -0.337 e. The number of likely N-dealkylation sites (tertiary alicyclic amines) is 1. The Morgan fingerprint density at radius 2 is 1.88 bits per heavy atom. The van der Waals surface area contributed by atoms with E-state index in [2.05, 4.69) is 24.1 Å².